The van der Waals surface area contributed by atoms with E-state index in [1.165, 1.54) is 24.1 Å². The van der Waals surface area contributed by atoms with Crippen LogP contribution in [0.3, 0.4) is 0 Å². The average Bonchev–Trinajstić information content (AvgIpc) is 3.00. The third kappa shape index (κ3) is 12.0. The topological polar surface area (TPSA) is 126 Å². The second-order valence-corrected chi connectivity index (χ2v) is 13.3. The number of carbonyl (C=O) groups excluding carboxylic acids is 4. The van der Waals surface area contributed by atoms with Crippen molar-refractivity contribution in [3.63, 3.8) is 0 Å². The molecule has 0 heterocycles. The quantitative estimate of drug-likeness (QED) is 0.238. The van der Waals surface area contributed by atoms with Gasteiger partial charge in [0, 0.05) is 27.1 Å². The van der Waals surface area contributed by atoms with Gasteiger partial charge in [0.1, 0.15) is 24.1 Å². The number of nitrogens with one attached hydrogen (secondary N) is 3. The van der Waals surface area contributed by atoms with Crippen molar-refractivity contribution in [1.82, 2.24) is 20.9 Å². The number of ether oxygens (including phenoxy) is 2. The minimum absolute atomic E-state index is 0.00520. The van der Waals surface area contributed by atoms with E-state index in [2.05, 4.69) is 16.0 Å². The van der Waals surface area contributed by atoms with E-state index in [9.17, 15) is 23.6 Å². The van der Waals surface area contributed by atoms with Crippen molar-refractivity contribution in [2.24, 2.45) is 5.92 Å². The zero-order chi connectivity index (χ0) is 34.8. The fourth-order valence-electron chi connectivity index (χ4n) is 5.06. The van der Waals surface area contributed by atoms with Crippen LogP contribution in [-0.2, 0) is 36.7 Å². The van der Waals surface area contributed by atoms with Gasteiger partial charge >= 0.3 is 6.09 Å². The van der Waals surface area contributed by atoms with Crippen molar-refractivity contribution < 1.29 is 33.0 Å². The van der Waals surface area contributed by atoms with Crippen molar-refractivity contribution in [2.75, 3.05) is 33.9 Å². The Bertz CT molecular complexity index is 1540. The van der Waals surface area contributed by atoms with Crippen LogP contribution >= 0.6 is 0 Å². The number of halogens is 1. The molecule has 0 aliphatic heterocycles. The number of nitrogens with zero attached hydrogens (tertiary/aromatic N) is 1. The molecule has 0 aliphatic rings. The second-order valence-electron chi connectivity index (χ2n) is 13.3. The number of amides is 4. The lowest BCUT2D eigenvalue weighted by Crippen LogP contribution is -2.51. The van der Waals surface area contributed by atoms with Gasteiger partial charge in [0.25, 0.3) is 0 Å². The molecule has 3 aromatic rings. The van der Waals surface area contributed by atoms with Gasteiger partial charge in [0.2, 0.25) is 17.7 Å². The number of fused-ring (bicyclic) bond motifs is 1. The predicted molar refractivity (Wildman–Crippen MR) is 179 cm³/mol. The van der Waals surface area contributed by atoms with Crippen LogP contribution in [0.25, 0.3) is 10.8 Å². The zero-order valence-electron chi connectivity index (χ0n) is 28.3. The van der Waals surface area contributed by atoms with Crippen molar-refractivity contribution in [3.05, 3.63) is 83.7 Å². The molecule has 11 heteroatoms. The molecule has 0 spiro atoms. The van der Waals surface area contributed by atoms with E-state index in [-0.39, 0.29) is 38.0 Å². The lowest BCUT2D eigenvalue weighted by Gasteiger charge is -2.31. The molecule has 2 atom stereocenters. The number of likely N-dealkylation sites (N-methyl/N-ethyl adjacent to an activating group) is 2. The highest BCUT2D eigenvalue weighted by atomic mass is 19.1. The monoisotopic (exact) mass is 650 g/mol. The summed E-state index contributed by atoms with van der Waals surface area (Å²) >= 11 is 0. The van der Waals surface area contributed by atoms with Crippen LogP contribution in [0.1, 0.15) is 45.7 Å². The Balaban J connectivity index is 1.72. The molecule has 47 heavy (non-hydrogen) atoms. The Kier molecular flexibility index (Phi) is 12.9. The standard InChI is InChI=1S/C36H47FN4O6/c1-35(2,3)47-34(45)40-36(4,5)23-46-22-31(42)39-21-28(19-25-12-15-26-10-8-9-11-27(26)18-25)33(44)41(7)30(32(43)38-6)20-24-13-16-29(37)17-14-24/h8-18,28,30H,19-23H2,1-7H3,(H,38,43)(H,39,42)(H,40,45)/t28-,30-/m1/s1. The summed E-state index contributed by atoms with van der Waals surface area (Å²) in [4.78, 5) is 53.4. The van der Waals surface area contributed by atoms with E-state index < -0.39 is 40.9 Å². The molecular formula is C36H47FN4O6. The highest BCUT2D eigenvalue weighted by Crippen LogP contribution is 2.20. The molecule has 3 N–H and O–H groups in total. The van der Waals surface area contributed by atoms with Crippen molar-refractivity contribution in [1.29, 1.82) is 0 Å². The van der Waals surface area contributed by atoms with E-state index in [1.807, 2.05) is 42.5 Å². The lowest BCUT2D eigenvalue weighted by atomic mass is 9.94. The lowest BCUT2D eigenvalue weighted by molar-refractivity contribution is -0.142. The second kappa shape index (κ2) is 16.4. The average molecular weight is 651 g/mol. The molecule has 254 valence electrons. The molecule has 0 saturated heterocycles. The van der Waals surface area contributed by atoms with Gasteiger partial charge in [-0.05, 0) is 75.1 Å². The first-order valence-electron chi connectivity index (χ1n) is 15.6. The minimum atomic E-state index is -0.865. The normalized spacial score (nSPS) is 12.9. The molecule has 10 nitrogen and oxygen atoms in total. The highest BCUT2D eigenvalue weighted by molar-refractivity contribution is 5.89. The van der Waals surface area contributed by atoms with Crippen LogP contribution in [0.4, 0.5) is 9.18 Å². The first-order chi connectivity index (χ1) is 22.1. The zero-order valence-corrected chi connectivity index (χ0v) is 28.3. The summed E-state index contributed by atoms with van der Waals surface area (Å²) in [5.41, 5.74) is 0.127. The molecule has 0 aromatic heterocycles. The van der Waals surface area contributed by atoms with Crippen LogP contribution in [0, 0.1) is 11.7 Å². The SMILES string of the molecule is CNC(=O)[C@@H](Cc1ccc(F)cc1)N(C)C(=O)[C@@H](CNC(=O)COCC(C)(C)NC(=O)OC(C)(C)C)Cc1ccc2ccccc2c1. The fraction of sp³-hybridized carbons (Fsp3) is 0.444. The van der Waals surface area contributed by atoms with E-state index in [1.54, 1.807) is 53.8 Å². The summed E-state index contributed by atoms with van der Waals surface area (Å²) < 4.78 is 24.4. The third-order valence-corrected chi connectivity index (χ3v) is 7.43. The Hall–Kier alpha value is -4.51. The number of alkyl carbamates (subject to hydrolysis) is 1. The number of hydrogen-bond donors (Lipinski definition) is 3. The Morgan fingerprint density at radius 3 is 2.15 bits per heavy atom. The summed E-state index contributed by atoms with van der Waals surface area (Å²) in [6.07, 6.45) is -0.110. The van der Waals surface area contributed by atoms with E-state index in [0.717, 1.165) is 16.3 Å². The Morgan fingerprint density at radius 1 is 0.872 bits per heavy atom. The molecule has 0 unspecified atom stereocenters. The molecule has 0 aliphatic carbocycles. The molecule has 0 fully saturated rings. The molecular weight excluding hydrogens is 603 g/mol. The van der Waals surface area contributed by atoms with Gasteiger partial charge in [-0.25, -0.2) is 9.18 Å². The van der Waals surface area contributed by atoms with E-state index in [4.69, 9.17) is 9.47 Å². The molecule has 0 saturated carbocycles. The van der Waals surface area contributed by atoms with Gasteiger partial charge in [-0.1, -0.05) is 54.6 Å². The molecule has 3 aromatic carbocycles. The van der Waals surface area contributed by atoms with Gasteiger partial charge < -0.3 is 30.3 Å². The van der Waals surface area contributed by atoms with E-state index in [0.29, 0.717) is 12.0 Å². The first kappa shape index (κ1) is 37.0. The summed E-state index contributed by atoms with van der Waals surface area (Å²) in [7, 11) is 3.05. The maximum atomic E-state index is 14.0. The maximum Gasteiger partial charge on any atom is 0.408 e. The van der Waals surface area contributed by atoms with E-state index >= 15 is 0 Å². The van der Waals surface area contributed by atoms with Crippen LogP contribution < -0.4 is 16.0 Å². The van der Waals surface area contributed by atoms with Gasteiger partial charge in [-0.3, -0.25) is 14.4 Å². The number of hydrogen-bond acceptors (Lipinski definition) is 6. The number of benzene rings is 3. The smallest absolute Gasteiger partial charge is 0.408 e. The minimum Gasteiger partial charge on any atom is -0.444 e. The maximum absolute atomic E-state index is 14.0. The fourth-order valence-corrected chi connectivity index (χ4v) is 5.06. The van der Waals surface area contributed by atoms with Crippen molar-refractivity contribution in [3.8, 4) is 0 Å². The van der Waals surface area contributed by atoms with Crippen LogP contribution in [0.2, 0.25) is 0 Å². The summed E-state index contributed by atoms with van der Waals surface area (Å²) in [6, 6.07) is 18.8. The highest BCUT2D eigenvalue weighted by Gasteiger charge is 2.32. The molecule has 4 amide bonds. The Morgan fingerprint density at radius 2 is 1.51 bits per heavy atom. The summed E-state index contributed by atoms with van der Waals surface area (Å²) in [5, 5.41) is 10.2. The van der Waals surface area contributed by atoms with Gasteiger partial charge in [0.15, 0.2) is 0 Å². The van der Waals surface area contributed by atoms with Crippen LogP contribution in [0.5, 0.6) is 0 Å². The van der Waals surface area contributed by atoms with Crippen LogP contribution in [-0.4, -0.2) is 79.8 Å². The third-order valence-electron chi connectivity index (χ3n) is 7.43. The largest absolute Gasteiger partial charge is 0.444 e. The van der Waals surface area contributed by atoms with Crippen LogP contribution in [0.15, 0.2) is 66.7 Å². The Labute approximate surface area is 276 Å². The van der Waals surface area contributed by atoms with Gasteiger partial charge in [0.05, 0.1) is 18.1 Å². The first-order valence-corrected chi connectivity index (χ1v) is 15.6. The van der Waals surface area contributed by atoms with Gasteiger partial charge in [-0.15, -0.1) is 0 Å². The molecule has 0 bridgehead atoms. The predicted octanol–water partition coefficient (Wildman–Crippen LogP) is 4.39. The summed E-state index contributed by atoms with van der Waals surface area (Å²) in [6.45, 7) is 8.53. The number of rotatable bonds is 14. The molecule has 3 rings (SSSR count). The van der Waals surface area contributed by atoms with Crippen molar-refractivity contribution in [2.45, 2.75) is 64.6 Å². The molecule has 0 radical (unpaired) electrons. The summed E-state index contributed by atoms with van der Waals surface area (Å²) in [5.74, 6) is -2.25. The van der Waals surface area contributed by atoms with Gasteiger partial charge in [-0.2, -0.15) is 0 Å². The van der Waals surface area contributed by atoms with Crippen molar-refractivity contribution >= 4 is 34.6 Å². The number of carbonyl (C=O) groups is 4.